The summed E-state index contributed by atoms with van der Waals surface area (Å²) in [5.41, 5.74) is 0. The highest BCUT2D eigenvalue weighted by Crippen LogP contribution is 2.10. The molecule has 0 aromatic carbocycles. The van der Waals surface area contributed by atoms with Crippen molar-refractivity contribution >= 4 is 0 Å². The minimum Gasteiger partial charge on any atom is -0.396 e. The van der Waals surface area contributed by atoms with Crippen LogP contribution in [0.5, 0.6) is 0 Å². The van der Waals surface area contributed by atoms with Crippen molar-refractivity contribution in [3.05, 3.63) is 0 Å². The van der Waals surface area contributed by atoms with Crippen LogP contribution in [0.1, 0.15) is 33.1 Å². The van der Waals surface area contributed by atoms with Gasteiger partial charge in [-0.3, -0.25) is 4.90 Å². The number of aliphatic hydroxyl groups excluding tert-OH is 1. The Morgan fingerprint density at radius 1 is 1.29 bits per heavy atom. The maximum atomic E-state index is 9.03. The van der Waals surface area contributed by atoms with Crippen LogP contribution >= 0.6 is 0 Å². The van der Waals surface area contributed by atoms with Crippen molar-refractivity contribution in [2.24, 2.45) is 0 Å². The predicted molar refractivity (Wildman–Crippen MR) is 72.4 cm³/mol. The van der Waals surface area contributed by atoms with Crippen LogP contribution < -0.4 is 5.32 Å². The van der Waals surface area contributed by atoms with Gasteiger partial charge in [0, 0.05) is 38.9 Å². The molecular formula is C13H30N2O2. The first-order valence-corrected chi connectivity index (χ1v) is 6.74. The van der Waals surface area contributed by atoms with Crippen LogP contribution in [0, 0.1) is 0 Å². The van der Waals surface area contributed by atoms with Gasteiger partial charge in [0.05, 0.1) is 6.61 Å². The van der Waals surface area contributed by atoms with Crippen molar-refractivity contribution in [3.8, 4) is 0 Å². The molecule has 0 aliphatic rings. The largest absolute Gasteiger partial charge is 0.396 e. The molecule has 0 saturated carbocycles. The van der Waals surface area contributed by atoms with Crippen LogP contribution in [-0.4, -0.2) is 62.6 Å². The second kappa shape index (κ2) is 11.0. The van der Waals surface area contributed by atoms with E-state index < -0.39 is 0 Å². The van der Waals surface area contributed by atoms with Crippen molar-refractivity contribution in [2.45, 2.75) is 45.2 Å². The highest BCUT2D eigenvalue weighted by molar-refractivity contribution is 4.76. The van der Waals surface area contributed by atoms with E-state index in [0.29, 0.717) is 12.1 Å². The molecule has 1 unspecified atom stereocenters. The van der Waals surface area contributed by atoms with Gasteiger partial charge < -0.3 is 15.2 Å². The third kappa shape index (κ3) is 6.99. The highest BCUT2D eigenvalue weighted by Gasteiger charge is 2.18. The Balaban J connectivity index is 4.32. The number of ether oxygens (including phenoxy) is 1. The summed E-state index contributed by atoms with van der Waals surface area (Å²) in [6.45, 7) is 7.42. The summed E-state index contributed by atoms with van der Waals surface area (Å²) < 4.78 is 5.18. The summed E-state index contributed by atoms with van der Waals surface area (Å²) in [4.78, 5) is 2.47. The number of hydrogen-bond donors (Lipinski definition) is 2. The van der Waals surface area contributed by atoms with Crippen LogP contribution in [0.15, 0.2) is 0 Å². The Bertz CT molecular complexity index is 163. The molecule has 17 heavy (non-hydrogen) atoms. The van der Waals surface area contributed by atoms with Gasteiger partial charge in [-0.05, 0) is 26.3 Å². The molecule has 0 radical (unpaired) electrons. The molecule has 0 aliphatic heterocycles. The number of aliphatic hydroxyl groups is 1. The molecule has 0 spiro atoms. The van der Waals surface area contributed by atoms with Crippen molar-refractivity contribution in [3.63, 3.8) is 0 Å². The average molecular weight is 246 g/mol. The smallest absolute Gasteiger partial charge is 0.0589 e. The average Bonchev–Trinajstić information content (AvgIpc) is 2.36. The lowest BCUT2D eigenvalue weighted by Gasteiger charge is -2.33. The van der Waals surface area contributed by atoms with Gasteiger partial charge in [-0.2, -0.15) is 0 Å². The van der Waals surface area contributed by atoms with Crippen LogP contribution in [0.25, 0.3) is 0 Å². The van der Waals surface area contributed by atoms with E-state index in [9.17, 15) is 0 Å². The van der Waals surface area contributed by atoms with Gasteiger partial charge in [-0.1, -0.05) is 13.8 Å². The van der Waals surface area contributed by atoms with E-state index >= 15 is 0 Å². The fourth-order valence-corrected chi connectivity index (χ4v) is 2.20. The molecule has 104 valence electrons. The molecular weight excluding hydrogens is 216 g/mol. The van der Waals surface area contributed by atoms with Gasteiger partial charge in [0.2, 0.25) is 0 Å². The fourth-order valence-electron chi connectivity index (χ4n) is 2.20. The topological polar surface area (TPSA) is 44.7 Å². The van der Waals surface area contributed by atoms with E-state index in [-0.39, 0.29) is 6.61 Å². The molecule has 0 rings (SSSR count). The van der Waals surface area contributed by atoms with Gasteiger partial charge in [0.25, 0.3) is 0 Å². The number of methoxy groups -OCH3 is 1. The first-order valence-electron chi connectivity index (χ1n) is 6.74. The van der Waals surface area contributed by atoms with Gasteiger partial charge in [0.1, 0.15) is 0 Å². The summed E-state index contributed by atoms with van der Waals surface area (Å²) in [7, 11) is 3.70. The molecule has 2 N–H and O–H groups in total. The molecule has 1 atom stereocenters. The molecule has 0 heterocycles. The van der Waals surface area contributed by atoms with Gasteiger partial charge in [0.15, 0.2) is 0 Å². The van der Waals surface area contributed by atoms with Crippen molar-refractivity contribution in [1.82, 2.24) is 10.2 Å². The summed E-state index contributed by atoms with van der Waals surface area (Å²) in [5.74, 6) is 0. The maximum absolute atomic E-state index is 9.03. The Labute approximate surface area is 106 Å². The van der Waals surface area contributed by atoms with Gasteiger partial charge in [-0.25, -0.2) is 0 Å². The van der Waals surface area contributed by atoms with Gasteiger partial charge >= 0.3 is 0 Å². The third-order valence-electron chi connectivity index (χ3n) is 3.38. The Morgan fingerprint density at radius 3 is 2.35 bits per heavy atom. The number of hydrogen-bond acceptors (Lipinski definition) is 4. The normalized spacial score (nSPS) is 13.6. The standard InChI is InChI=1S/C13H30N2O2/c1-5-13(6-2)15(8-10-17-4)11-12(14-3)7-9-16/h12-14,16H,5-11H2,1-4H3. The van der Waals surface area contributed by atoms with Crippen molar-refractivity contribution in [2.75, 3.05) is 40.5 Å². The second-order valence-electron chi connectivity index (χ2n) is 4.46. The molecule has 0 bridgehead atoms. The number of nitrogens with one attached hydrogen (secondary N) is 1. The highest BCUT2D eigenvalue weighted by atomic mass is 16.5. The van der Waals surface area contributed by atoms with Crippen molar-refractivity contribution in [1.29, 1.82) is 0 Å². The van der Waals surface area contributed by atoms with E-state index in [0.717, 1.165) is 39.0 Å². The number of likely N-dealkylation sites (N-methyl/N-ethyl adjacent to an activating group) is 1. The Morgan fingerprint density at radius 2 is 1.94 bits per heavy atom. The summed E-state index contributed by atoms with van der Waals surface area (Å²) in [5, 5.41) is 12.3. The fraction of sp³-hybridized carbons (Fsp3) is 1.00. The summed E-state index contributed by atoms with van der Waals surface area (Å²) in [6.07, 6.45) is 3.13. The Hall–Kier alpha value is -0.160. The monoisotopic (exact) mass is 246 g/mol. The third-order valence-corrected chi connectivity index (χ3v) is 3.38. The number of nitrogens with zero attached hydrogens (tertiary/aromatic N) is 1. The lowest BCUT2D eigenvalue weighted by atomic mass is 10.1. The van der Waals surface area contributed by atoms with Crippen LogP contribution in [-0.2, 0) is 4.74 Å². The van der Waals surface area contributed by atoms with Gasteiger partial charge in [-0.15, -0.1) is 0 Å². The summed E-state index contributed by atoms with van der Waals surface area (Å²) >= 11 is 0. The second-order valence-corrected chi connectivity index (χ2v) is 4.46. The minimum atomic E-state index is 0.243. The zero-order chi connectivity index (χ0) is 13.1. The number of rotatable bonds is 11. The minimum absolute atomic E-state index is 0.243. The zero-order valence-corrected chi connectivity index (χ0v) is 11.9. The summed E-state index contributed by atoms with van der Waals surface area (Å²) in [6, 6.07) is 0.970. The molecule has 0 aliphatic carbocycles. The lowest BCUT2D eigenvalue weighted by molar-refractivity contribution is 0.103. The van der Waals surface area contributed by atoms with E-state index in [2.05, 4.69) is 24.1 Å². The van der Waals surface area contributed by atoms with Crippen LogP contribution in [0.2, 0.25) is 0 Å². The van der Waals surface area contributed by atoms with Crippen molar-refractivity contribution < 1.29 is 9.84 Å². The van der Waals surface area contributed by atoms with Crippen LogP contribution in [0.4, 0.5) is 0 Å². The first-order chi connectivity index (χ1) is 8.23. The molecule has 0 aromatic heterocycles. The molecule has 0 fully saturated rings. The zero-order valence-electron chi connectivity index (χ0n) is 11.9. The van der Waals surface area contributed by atoms with E-state index in [1.54, 1.807) is 7.11 Å². The quantitative estimate of drug-likeness (QED) is 0.573. The van der Waals surface area contributed by atoms with Crippen LogP contribution in [0.3, 0.4) is 0 Å². The molecule has 4 nitrogen and oxygen atoms in total. The van der Waals surface area contributed by atoms with E-state index in [1.807, 2.05) is 7.05 Å². The molecule has 0 aromatic rings. The first kappa shape index (κ1) is 16.8. The molecule has 0 saturated heterocycles. The predicted octanol–water partition coefficient (Wildman–Crippen LogP) is 1.09. The SMILES string of the molecule is CCC(CC)N(CCOC)CC(CCO)NC. The maximum Gasteiger partial charge on any atom is 0.0589 e. The van der Waals surface area contributed by atoms with E-state index in [1.165, 1.54) is 0 Å². The Kier molecular flexibility index (Phi) is 10.9. The molecule has 0 amide bonds. The van der Waals surface area contributed by atoms with E-state index in [4.69, 9.17) is 9.84 Å². The molecule has 4 heteroatoms. The lowest BCUT2D eigenvalue weighted by Crippen LogP contribution is -2.46.